The standard InChI is InChI=1S/C22H19F2N5O3/c1-2-20(30)29-12-17(13-29)28-16-6-14(8-25-11-16)15-9-26-22(27-10-15)32-19-5-3-4-18(7-19)31-21(23)24/h2-11,17,21,28H,1,12-13H2. The van der Waals surface area contributed by atoms with Gasteiger partial charge in [-0.15, -0.1) is 0 Å². The number of rotatable bonds is 8. The molecule has 0 saturated carbocycles. The van der Waals surface area contributed by atoms with Gasteiger partial charge in [0.2, 0.25) is 5.91 Å². The molecule has 0 unspecified atom stereocenters. The van der Waals surface area contributed by atoms with Crippen LogP contribution in [0.5, 0.6) is 17.5 Å². The first kappa shape index (κ1) is 21.2. The monoisotopic (exact) mass is 439 g/mol. The van der Waals surface area contributed by atoms with E-state index in [-0.39, 0.29) is 29.5 Å². The molecule has 1 aromatic carbocycles. The van der Waals surface area contributed by atoms with Crippen molar-refractivity contribution < 1.29 is 23.0 Å². The predicted octanol–water partition coefficient (Wildman–Crippen LogP) is 3.74. The molecule has 3 heterocycles. The van der Waals surface area contributed by atoms with Crippen molar-refractivity contribution in [3.05, 3.63) is 67.8 Å². The fraction of sp³-hybridized carbons (Fsp3) is 0.182. The van der Waals surface area contributed by atoms with Crippen LogP contribution in [0.3, 0.4) is 0 Å². The molecule has 10 heteroatoms. The van der Waals surface area contributed by atoms with E-state index in [0.29, 0.717) is 13.1 Å². The van der Waals surface area contributed by atoms with Gasteiger partial charge in [-0.25, -0.2) is 9.97 Å². The van der Waals surface area contributed by atoms with Gasteiger partial charge >= 0.3 is 12.6 Å². The van der Waals surface area contributed by atoms with E-state index < -0.39 is 6.61 Å². The Morgan fingerprint density at radius 3 is 2.59 bits per heavy atom. The Hall–Kier alpha value is -4.08. The number of nitrogens with one attached hydrogen (secondary N) is 1. The minimum Gasteiger partial charge on any atom is -0.435 e. The van der Waals surface area contributed by atoms with E-state index in [0.717, 1.165) is 16.8 Å². The summed E-state index contributed by atoms with van der Waals surface area (Å²) in [4.78, 5) is 25.8. The summed E-state index contributed by atoms with van der Waals surface area (Å²) in [6.07, 6.45) is 7.85. The lowest BCUT2D eigenvalue weighted by Crippen LogP contribution is -2.56. The number of halogens is 2. The molecule has 4 rings (SSSR count). The number of aromatic nitrogens is 3. The van der Waals surface area contributed by atoms with Crippen LogP contribution in [-0.4, -0.2) is 51.5 Å². The summed E-state index contributed by atoms with van der Waals surface area (Å²) in [7, 11) is 0. The molecular weight excluding hydrogens is 420 g/mol. The van der Waals surface area contributed by atoms with Gasteiger partial charge in [-0.3, -0.25) is 9.78 Å². The van der Waals surface area contributed by atoms with Crippen molar-refractivity contribution in [1.29, 1.82) is 0 Å². The van der Waals surface area contributed by atoms with Gasteiger partial charge in [0, 0.05) is 55.1 Å². The zero-order valence-corrected chi connectivity index (χ0v) is 16.8. The number of ether oxygens (including phenoxy) is 2. The largest absolute Gasteiger partial charge is 0.435 e. The first-order valence-electron chi connectivity index (χ1n) is 9.68. The van der Waals surface area contributed by atoms with Gasteiger partial charge in [-0.2, -0.15) is 8.78 Å². The molecule has 1 aliphatic heterocycles. The number of nitrogens with zero attached hydrogens (tertiary/aromatic N) is 4. The van der Waals surface area contributed by atoms with Crippen LogP contribution < -0.4 is 14.8 Å². The molecule has 1 saturated heterocycles. The van der Waals surface area contributed by atoms with Gasteiger partial charge in [-0.1, -0.05) is 12.6 Å². The average Bonchev–Trinajstić information content (AvgIpc) is 2.76. The minimum atomic E-state index is -2.92. The Morgan fingerprint density at radius 2 is 1.88 bits per heavy atom. The Labute approximate surface area is 182 Å². The number of carbonyl (C=O) groups excluding carboxylic acids is 1. The molecule has 0 bridgehead atoms. The lowest BCUT2D eigenvalue weighted by atomic mass is 10.1. The summed E-state index contributed by atoms with van der Waals surface area (Å²) in [6, 6.07) is 7.95. The maximum Gasteiger partial charge on any atom is 0.387 e. The van der Waals surface area contributed by atoms with Crippen molar-refractivity contribution in [2.75, 3.05) is 18.4 Å². The van der Waals surface area contributed by atoms with Gasteiger partial charge in [-0.05, 0) is 24.3 Å². The second kappa shape index (κ2) is 9.38. The highest BCUT2D eigenvalue weighted by Gasteiger charge is 2.29. The highest BCUT2D eigenvalue weighted by Crippen LogP contribution is 2.26. The molecule has 1 amide bonds. The molecule has 1 fully saturated rings. The lowest BCUT2D eigenvalue weighted by Gasteiger charge is -2.39. The molecule has 1 aliphatic rings. The molecule has 0 atom stereocenters. The van der Waals surface area contributed by atoms with Crippen LogP contribution in [0.2, 0.25) is 0 Å². The van der Waals surface area contributed by atoms with Crippen LogP contribution in [0.15, 0.2) is 67.8 Å². The third-order valence-corrected chi connectivity index (χ3v) is 4.68. The van der Waals surface area contributed by atoms with Crippen LogP contribution in [0, 0.1) is 0 Å². The number of alkyl halides is 2. The Bertz CT molecular complexity index is 1100. The summed E-state index contributed by atoms with van der Waals surface area (Å²) in [5.41, 5.74) is 2.34. The van der Waals surface area contributed by atoms with E-state index in [4.69, 9.17) is 4.74 Å². The van der Waals surface area contributed by atoms with Crippen molar-refractivity contribution in [3.63, 3.8) is 0 Å². The van der Waals surface area contributed by atoms with Gasteiger partial charge in [0.15, 0.2) is 0 Å². The number of benzene rings is 1. The molecule has 2 aromatic heterocycles. The molecule has 8 nitrogen and oxygen atoms in total. The van der Waals surface area contributed by atoms with E-state index in [1.165, 1.54) is 24.3 Å². The number of amides is 1. The smallest absolute Gasteiger partial charge is 0.387 e. The number of hydrogen-bond acceptors (Lipinski definition) is 7. The molecule has 0 radical (unpaired) electrons. The van der Waals surface area contributed by atoms with Crippen LogP contribution >= 0.6 is 0 Å². The third-order valence-electron chi connectivity index (χ3n) is 4.68. The molecule has 32 heavy (non-hydrogen) atoms. The fourth-order valence-corrected chi connectivity index (χ4v) is 3.13. The zero-order valence-electron chi connectivity index (χ0n) is 16.8. The second-order valence-electron chi connectivity index (χ2n) is 6.96. The van der Waals surface area contributed by atoms with Crippen LogP contribution in [0.25, 0.3) is 11.1 Å². The van der Waals surface area contributed by atoms with E-state index in [1.54, 1.807) is 35.8 Å². The Kier molecular flexibility index (Phi) is 6.20. The Balaban J connectivity index is 1.38. The SMILES string of the molecule is C=CC(=O)N1CC(Nc2cncc(-c3cnc(Oc4cccc(OC(F)F)c4)nc3)c2)C1. The molecule has 164 valence electrons. The Morgan fingerprint density at radius 1 is 1.12 bits per heavy atom. The number of likely N-dealkylation sites (tertiary alicyclic amines) is 1. The quantitative estimate of drug-likeness (QED) is 0.535. The predicted molar refractivity (Wildman–Crippen MR) is 113 cm³/mol. The fourth-order valence-electron chi connectivity index (χ4n) is 3.13. The van der Waals surface area contributed by atoms with E-state index in [1.807, 2.05) is 6.07 Å². The summed E-state index contributed by atoms with van der Waals surface area (Å²) < 4.78 is 34.6. The topological polar surface area (TPSA) is 89.5 Å². The van der Waals surface area contributed by atoms with Gasteiger partial charge in [0.1, 0.15) is 11.5 Å². The van der Waals surface area contributed by atoms with Crippen LogP contribution in [0.1, 0.15) is 0 Å². The number of hydrogen-bond donors (Lipinski definition) is 1. The first-order valence-corrected chi connectivity index (χ1v) is 9.68. The zero-order chi connectivity index (χ0) is 22.5. The third kappa shape index (κ3) is 5.15. The van der Waals surface area contributed by atoms with Gasteiger partial charge in [0.05, 0.1) is 11.7 Å². The molecule has 3 aromatic rings. The molecule has 0 aliphatic carbocycles. The highest BCUT2D eigenvalue weighted by molar-refractivity contribution is 5.87. The molecular formula is C22H19F2N5O3. The first-order chi connectivity index (χ1) is 15.5. The maximum absolute atomic E-state index is 12.4. The van der Waals surface area contributed by atoms with E-state index in [9.17, 15) is 13.6 Å². The lowest BCUT2D eigenvalue weighted by molar-refractivity contribution is -0.129. The summed E-state index contributed by atoms with van der Waals surface area (Å²) in [5, 5.41) is 3.34. The molecule has 0 spiro atoms. The summed E-state index contributed by atoms with van der Waals surface area (Å²) in [6.45, 7) is 1.78. The minimum absolute atomic E-state index is 0.0204. The maximum atomic E-state index is 12.4. The van der Waals surface area contributed by atoms with Crippen molar-refractivity contribution in [3.8, 4) is 28.6 Å². The number of pyridine rings is 1. The van der Waals surface area contributed by atoms with Crippen LogP contribution in [-0.2, 0) is 4.79 Å². The highest BCUT2D eigenvalue weighted by atomic mass is 19.3. The number of carbonyl (C=O) groups is 1. The van der Waals surface area contributed by atoms with Crippen molar-refractivity contribution in [2.24, 2.45) is 0 Å². The molecule has 1 N–H and O–H groups in total. The van der Waals surface area contributed by atoms with Gasteiger partial charge in [0.25, 0.3) is 0 Å². The summed E-state index contributed by atoms with van der Waals surface area (Å²) >= 11 is 0. The van der Waals surface area contributed by atoms with Crippen molar-refractivity contribution >= 4 is 11.6 Å². The number of anilines is 1. The van der Waals surface area contributed by atoms with Crippen molar-refractivity contribution in [1.82, 2.24) is 19.9 Å². The van der Waals surface area contributed by atoms with E-state index in [2.05, 4.69) is 31.6 Å². The van der Waals surface area contributed by atoms with Gasteiger partial charge < -0.3 is 19.7 Å². The normalized spacial score (nSPS) is 13.4. The summed E-state index contributed by atoms with van der Waals surface area (Å²) in [5.74, 6) is 0.170. The second-order valence-corrected chi connectivity index (χ2v) is 6.96. The van der Waals surface area contributed by atoms with Crippen molar-refractivity contribution in [2.45, 2.75) is 12.7 Å². The average molecular weight is 439 g/mol. The van der Waals surface area contributed by atoms with E-state index >= 15 is 0 Å². The van der Waals surface area contributed by atoms with Crippen LogP contribution in [0.4, 0.5) is 14.5 Å².